The van der Waals surface area contributed by atoms with Gasteiger partial charge in [0.05, 0.1) is 31.1 Å². The maximum Gasteiger partial charge on any atom is 0.306 e. The lowest BCUT2D eigenvalue weighted by Crippen LogP contribution is -2.32. The summed E-state index contributed by atoms with van der Waals surface area (Å²) in [7, 11) is -2.36. The first-order valence-corrected chi connectivity index (χ1v) is 11.6. The summed E-state index contributed by atoms with van der Waals surface area (Å²) in [5.74, 6) is -0.982. The fourth-order valence-electron chi connectivity index (χ4n) is 4.02. The van der Waals surface area contributed by atoms with Crippen molar-refractivity contribution in [1.82, 2.24) is 4.31 Å². The minimum Gasteiger partial charge on any atom is -0.497 e. The van der Waals surface area contributed by atoms with Crippen LogP contribution in [-0.4, -0.2) is 45.2 Å². The third-order valence-electron chi connectivity index (χ3n) is 5.61. The van der Waals surface area contributed by atoms with Crippen molar-refractivity contribution in [2.24, 2.45) is 11.8 Å². The highest BCUT2D eigenvalue weighted by molar-refractivity contribution is 7.89. The summed E-state index contributed by atoms with van der Waals surface area (Å²) in [6, 6.07) is 12.8. The zero-order valence-electron chi connectivity index (χ0n) is 17.9. The monoisotopic (exact) mass is 445 g/mol. The highest BCUT2D eigenvalue weighted by atomic mass is 32.2. The molecule has 0 radical (unpaired) electrons. The van der Waals surface area contributed by atoms with E-state index >= 15 is 0 Å². The number of nitrogens with zero attached hydrogens (tertiary/aromatic N) is 1. The number of methoxy groups -OCH3 is 1. The number of aldehydes is 1. The standard InChI is InChI=1S/C23H27NO6S/c1-4-30-22(26)13-18-14-24(31(27,28)20-11-5-16(2)6-12-20)23(21(18)15-25)17-7-9-19(29-3)10-8-17/h5-12,15,18,21,23H,4,13-14H2,1-3H3/t18-,21+,23-/m1/s1. The summed E-state index contributed by atoms with van der Waals surface area (Å²) in [6.45, 7) is 3.86. The van der Waals surface area contributed by atoms with Crippen molar-refractivity contribution in [2.75, 3.05) is 20.3 Å². The van der Waals surface area contributed by atoms with Crippen LogP contribution in [0.4, 0.5) is 0 Å². The van der Waals surface area contributed by atoms with Gasteiger partial charge >= 0.3 is 5.97 Å². The van der Waals surface area contributed by atoms with Crippen molar-refractivity contribution in [3.05, 3.63) is 59.7 Å². The summed E-state index contributed by atoms with van der Waals surface area (Å²) in [5, 5.41) is 0. The van der Waals surface area contributed by atoms with E-state index in [0.29, 0.717) is 11.3 Å². The molecule has 0 N–H and O–H groups in total. The Morgan fingerprint density at radius 3 is 2.32 bits per heavy atom. The van der Waals surface area contributed by atoms with Gasteiger partial charge in [-0.2, -0.15) is 4.31 Å². The van der Waals surface area contributed by atoms with Crippen LogP contribution >= 0.6 is 0 Å². The maximum absolute atomic E-state index is 13.5. The van der Waals surface area contributed by atoms with Crippen LogP contribution in [0, 0.1) is 18.8 Å². The molecule has 1 heterocycles. The highest BCUT2D eigenvalue weighted by Gasteiger charge is 2.48. The van der Waals surface area contributed by atoms with E-state index in [-0.39, 0.29) is 24.5 Å². The van der Waals surface area contributed by atoms with Crippen LogP contribution in [0.5, 0.6) is 5.75 Å². The van der Waals surface area contributed by atoms with Gasteiger partial charge < -0.3 is 14.3 Å². The van der Waals surface area contributed by atoms with E-state index in [1.807, 2.05) is 6.92 Å². The van der Waals surface area contributed by atoms with Gasteiger partial charge in [0.2, 0.25) is 10.0 Å². The van der Waals surface area contributed by atoms with Crippen LogP contribution < -0.4 is 4.74 Å². The van der Waals surface area contributed by atoms with Crippen molar-refractivity contribution in [3.63, 3.8) is 0 Å². The lowest BCUT2D eigenvalue weighted by Gasteiger charge is -2.26. The highest BCUT2D eigenvalue weighted by Crippen LogP contribution is 2.44. The molecule has 2 aromatic rings. The van der Waals surface area contributed by atoms with Gasteiger partial charge in [-0.3, -0.25) is 4.79 Å². The van der Waals surface area contributed by atoms with E-state index in [4.69, 9.17) is 9.47 Å². The molecular formula is C23H27NO6S. The number of carbonyl (C=O) groups is 2. The molecule has 0 aliphatic carbocycles. The number of ether oxygens (including phenoxy) is 2. The predicted molar refractivity (Wildman–Crippen MR) is 115 cm³/mol. The molecule has 0 saturated carbocycles. The molecule has 0 bridgehead atoms. The minimum absolute atomic E-state index is 0.0240. The summed E-state index contributed by atoms with van der Waals surface area (Å²) in [6.07, 6.45) is 0.729. The molecule has 31 heavy (non-hydrogen) atoms. The Bertz CT molecular complexity index is 1020. The summed E-state index contributed by atoms with van der Waals surface area (Å²) >= 11 is 0. The van der Waals surface area contributed by atoms with Gasteiger partial charge in [-0.1, -0.05) is 29.8 Å². The Labute approximate surface area is 183 Å². The van der Waals surface area contributed by atoms with Crippen LogP contribution in [0.2, 0.25) is 0 Å². The van der Waals surface area contributed by atoms with Crippen molar-refractivity contribution < 1.29 is 27.5 Å². The van der Waals surface area contributed by atoms with Gasteiger partial charge in [-0.15, -0.1) is 0 Å². The topological polar surface area (TPSA) is 90.0 Å². The summed E-state index contributed by atoms with van der Waals surface area (Å²) in [5.41, 5.74) is 1.61. The zero-order valence-corrected chi connectivity index (χ0v) is 18.7. The summed E-state index contributed by atoms with van der Waals surface area (Å²) < 4.78 is 38.7. The molecule has 7 nitrogen and oxygen atoms in total. The Morgan fingerprint density at radius 2 is 1.77 bits per heavy atom. The van der Waals surface area contributed by atoms with Gasteiger partial charge in [-0.25, -0.2) is 8.42 Å². The van der Waals surface area contributed by atoms with E-state index in [0.717, 1.165) is 11.8 Å². The molecule has 166 valence electrons. The SMILES string of the molecule is CCOC(=O)C[C@@H]1CN(S(=O)(=O)c2ccc(C)cc2)[C@H](c2ccc(OC)cc2)[C@H]1C=O. The third-order valence-corrected chi connectivity index (χ3v) is 7.47. The number of benzene rings is 2. The van der Waals surface area contributed by atoms with Crippen molar-refractivity contribution in [2.45, 2.75) is 31.2 Å². The number of sulfonamides is 1. The van der Waals surface area contributed by atoms with Crippen LogP contribution in [0.25, 0.3) is 0 Å². The van der Waals surface area contributed by atoms with Gasteiger partial charge in [0, 0.05) is 12.5 Å². The molecule has 8 heteroatoms. The van der Waals surface area contributed by atoms with Gasteiger partial charge in [0.1, 0.15) is 12.0 Å². The van der Waals surface area contributed by atoms with Gasteiger partial charge in [0.25, 0.3) is 0 Å². The molecule has 2 aromatic carbocycles. The normalized spacial score (nSPS) is 21.6. The Kier molecular flexibility index (Phi) is 7.12. The number of hydrogen-bond donors (Lipinski definition) is 0. The lowest BCUT2D eigenvalue weighted by atomic mass is 9.86. The zero-order chi connectivity index (χ0) is 22.6. The summed E-state index contributed by atoms with van der Waals surface area (Å²) in [4.78, 5) is 24.4. The Hall–Kier alpha value is -2.71. The Balaban J connectivity index is 2.04. The average molecular weight is 446 g/mol. The lowest BCUT2D eigenvalue weighted by molar-refractivity contribution is -0.144. The molecule has 0 spiro atoms. The number of esters is 1. The van der Waals surface area contributed by atoms with Crippen molar-refractivity contribution in [3.8, 4) is 5.75 Å². The number of rotatable bonds is 8. The van der Waals surface area contributed by atoms with E-state index in [2.05, 4.69) is 0 Å². The third kappa shape index (κ3) is 4.80. The average Bonchev–Trinajstić information content (AvgIpc) is 3.13. The van der Waals surface area contributed by atoms with Crippen molar-refractivity contribution in [1.29, 1.82) is 0 Å². The second kappa shape index (κ2) is 9.62. The van der Waals surface area contributed by atoms with E-state index in [9.17, 15) is 18.0 Å². The first kappa shape index (κ1) is 23.0. The molecule has 1 aliphatic rings. The second-order valence-electron chi connectivity index (χ2n) is 7.59. The van der Waals surface area contributed by atoms with E-state index < -0.39 is 33.9 Å². The van der Waals surface area contributed by atoms with Crippen molar-refractivity contribution >= 4 is 22.3 Å². The molecule has 0 unspecified atom stereocenters. The van der Waals surface area contributed by atoms with Crippen LogP contribution in [0.1, 0.15) is 30.5 Å². The first-order chi connectivity index (χ1) is 14.8. The van der Waals surface area contributed by atoms with Gasteiger partial charge in [0.15, 0.2) is 0 Å². The fourth-order valence-corrected chi connectivity index (χ4v) is 5.72. The minimum atomic E-state index is -3.90. The largest absolute Gasteiger partial charge is 0.497 e. The molecule has 0 amide bonds. The van der Waals surface area contributed by atoms with Crippen LogP contribution in [0.3, 0.4) is 0 Å². The molecular weight excluding hydrogens is 418 g/mol. The predicted octanol–water partition coefficient (Wildman–Crippen LogP) is 3.13. The first-order valence-electron chi connectivity index (χ1n) is 10.1. The second-order valence-corrected chi connectivity index (χ2v) is 9.48. The Morgan fingerprint density at radius 1 is 1.13 bits per heavy atom. The maximum atomic E-state index is 13.5. The molecule has 1 aliphatic heterocycles. The number of hydrogen-bond acceptors (Lipinski definition) is 6. The molecule has 1 saturated heterocycles. The fraction of sp³-hybridized carbons (Fsp3) is 0.391. The number of aryl methyl sites for hydroxylation is 1. The van der Waals surface area contributed by atoms with Crippen LogP contribution in [0.15, 0.2) is 53.4 Å². The molecule has 1 fully saturated rings. The quantitative estimate of drug-likeness (QED) is 0.458. The van der Waals surface area contributed by atoms with Crippen LogP contribution in [-0.2, 0) is 24.3 Å². The van der Waals surface area contributed by atoms with Gasteiger partial charge in [-0.05, 0) is 49.6 Å². The molecule has 0 aromatic heterocycles. The van der Waals surface area contributed by atoms with E-state index in [1.54, 1.807) is 62.6 Å². The van der Waals surface area contributed by atoms with E-state index in [1.165, 1.54) is 4.31 Å². The number of carbonyl (C=O) groups excluding carboxylic acids is 2. The molecule has 3 rings (SSSR count). The molecule has 3 atom stereocenters. The smallest absolute Gasteiger partial charge is 0.306 e.